The van der Waals surface area contributed by atoms with Crippen molar-refractivity contribution in [3.63, 3.8) is 0 Å². The molecule has 2 aromatic carbocycles. The SMILES string of the molecule is N#CCc1ccc(-n2c(CCl)nc3ccc(F)cc32)cc1. The second-order valence-electron chi connectivity index (χ2n) is 4.63. The molecule has 3 rings (SSSR count). The number of fused-ring (bicyclic) bond motifs is 1. The van der Waals surface area contributed by atoms with Crippen LogP contribution in [0.4, 0.5) is 4.39 Å². The summed E-state index contributed by atoms with van der Waals surface area (Å²) in [5.74, 6) is 0.576. The Bertz CT molecular complexity index is 831. The van der Waals surface area contributed by atoms with Crippen LogP contribution in [0.25, 0.3) is 16.7 Å². The maximum absolute atomic E-state index is 13.5. The molecule has 0 amide bonds. The van der Waals surface area contributed by atoms with E-state index in [1.807, 2.05) is 28.8 Å². The molecule has 0 bridgehead atoms. The zero-order valence-corrected chi connectivity index (χ0v) is 11.8. The van der Waals surface area contributed by atoms with E-state index in [-0.39, 0.29) is 11.7 Å². The van der Waals surface area contributed by atoms with Crippen LogP contribution < -0.4 is 0 Å². The van der Waals surface area contributed by atoms with Crippen LogP contribution in [0.2, 0.25) is 0 Å². The van der Waals surface area contributed by atoms with Crippen molar-refractivity contribution >= 4 is 22.6 Å². The van der Waals surface area contributed by atoms with Gasteiger partial charge in [-0.25, -0.2) is 9.37 Å². The molecule has 0 saturated heterocycles. The van der Waals surface area contributed by atoms with Crippen LogP contribution in [-0.4, -0.2) is 9.55 Å². The monoisotopic (exact) mass is 299 g/mol. The highest BCUT2D eigenvalue weighted by Gasteiger charge is 2.12. The molecule has 0 aliphatic carbocycles. The first-order valence-corrected chi connectivity index (χ1v) is 6.95. The van der Waals surface area contributed by atoms with Crippen LogP contribution in [0.1, 0.15) is 11.4 Å². The Morgan fingerprint density at radius 3 is 2.62 bits per heavy atom. The van der Waals surface area contributed by atoms with Gasteiger partial charge in [0, 0.05) is 11.8 Å². The minimum Gasteiger partial charge on any atom is -0.295 e. The van der Waals surface area contributed by atoms with Crippen LogP contribution in [0, 0.1) is 17.1 Å². The predicted octanol–water partition coefficient (Wildman–Crippen LogP) is 3.97. The average molecular weight is 300 g/mol. The summed E-state index contributed by atoms with van der Waals surface area (Å²) in [6.45, 7) is 0. The normalized spacial score (nSPS) is 10.7. The Kier molecular flexibility index (Phi) is 3.59. The Balaban J connectivity index is 2.18. The van der Waals surface area contributed by atoms with Crippen molar-refractivity contribution in [1.82, 2.24) is 9.55 Å². The summed E-state index contributed by atoms with van der Waals surface area (Å²) in [5.41, 5.74) is 3.16. The summed E-state index contributed by atoms with van der Waals surface area (Å²) in [5, 5.41) is 8.70. The number of benzene rings is 2. The summed E-state index contributed by atoms with van der Waals surface area (Å²) >= 11 is 5.95. The average Bonchev–Trinajstić information content (AvgIpc) is 2.86. The zero-order valence-electron chi connectivity index (χ0n) is 11.1. The fourth-order valence-electron chi connectivity index (χ4n) is 2.33. The number of aromatic nitrogens is 2. The predicted molar refractivity (Wildman–Crippen MR) is 79.9 cm³/mol. The van der Waals surface area contributed by atoms with Gasteiger partial charge in [0.15, 0.2) is 0 Å². The van der Waals surface area contributed by atoms with Gasteiger partial charge in [0.1, 0.15) is 11.6 Å². The van der Waals surface area contributed by atoms with Gasteiger partial charge in [0.2, 0.25) is 0 Å². The third-order valence-corrected chi connectivity index (χ3v) is 3.52. The van der Waals surface area contributed by atoms with E-state index in [4.69, 9.17) is 16.9 Å². The van der Waals surface area contributed by atoms with Gasteiger partial charge in [0.25, 0.3) is 0 Å². The first kappa shape index (κ1) is 13.6. The van der Waals surface area contributed by atoms with Gasteiger partial charge >= 0.3 is 0 Å². The van der Waals surface area contributed by atoms with Gasteiger partial charge in [-0.15, -0.1) is 11.6 Å². The summed E-state index contributed by atoms with van der Waals surface area (Å²) < 4.78 is 15.3. The third kappa shape index (κ3) is 2.48. The van der Waals surface area contributed by atoms with Crippen molar-refractivity contribution in [3.05, 3.63) is 59.7 Å². The summed E-state index contributed by atoms with van der Waals surface area (Å²) in [6, 6.07) is 14.1. The number of imidazole rings is 1. The number of halogens is 2. The molecule has 0 saturated carbocycles. The highest BCUT2D eigenvalue weighted by atomic mass is 35.5. The Labute approximate surface area is 126 Å². The zero-order chi connectivity index (χ0) is 14.8. The van der Waals surface area contributed by atoms with Crippen LogP contribution in [0.15, 0.2) is 42.5 Å². The number of alkyl halides is 1. The second kappa shape index (κ2) is 5.55. The Morgan fingerprint density at radius 2 is 1.95 bits per heavy atom. The largest absolute Gasteiger partial charge is 0.295 e. The first-order chi connectivity index (χ1) is 10.2. The minimum absolute atomic E-state index is 0.232. The Morgan fingerprint density at radius 1 is 1.19 bits per heavy atom. The summed E-state index contributed by atoms with van der Waals surface area (Å²) in [7, 11) is 0. The highest BCUT2D eigenvalue weighted by Crippen LogP contribution is 2.23. The van der Waals surface area contributed by atoms with Crippen molar-refractivity contribution in [2.75, 3.05) is 0 Å². The third-order valence-electron chi connectivity index (χ3n) is 3.28. The van der Waals surface area contributed by atoms with Crippen molar-refractivity contribution in [2.45, 2.75) is 12.3 Å². The van der Waals surface area contributed by atoms with Crippen LogP contribution in [-0.2, 0) is 12.3 Å². The lowest BCUT2D eigenvalue weighted by Crippen LogP contribution is -1.99. The summed E-state index contributed by atoms with van der Waals surface area (Å²) in [4.78, 5) is 4.42. The molecule has 0 radical (unpaired) electrons. The molecule has 5 heteroatoms. The fourth-order valence-corrected chi connectivity index (χ4v) is 2.51. The quantitative estimate of drug-likeness (QED) is 0.687. The maximum Gasteiger partial charge on any atom is 0.129 e. The molecule has 0 aliphatic heterocycles. The molecular weight excluding hydrogens is 289 g/mol. The van der Waals surface area contributed by atoms with Gasteiger partial charge in [-0.1, -0.05) is 12.1 Å². The first-order valence-electron chi connectivity index (χ1n) is 6.42. The van der Waals surface area contributed by atoms with Crippen LogP contribution >= 0.6 is 11.6 Å². The molecule has 0 unspecified atom stereocenters. The van der Waals surface area contributed by atoms with E-state index in [9.17, 15) is 4.39 Å². The number of rotatable bonds is 3. The lowest BCUT2D eigenvalue weighted by atomic mass is 10.1. The molecule has 1 heterocycles. The molecular formula is C16H11ClFN3. The molecule has 104 valence electrons. The molecule has 0 N–H and O–H groups in total. The topological polar surface area (TPSA) is 41.6 Å². The molecule has 1 aromatic heterocycles. The second-order valence-corrected chi connectivity index (χ2v) is 4.90. The number of hydrogen-bond donors (Lipinski definition) is 0. The molecule has 21 heavy (non-hydrogen) atoms. The molecule has 0 aliphatic rings. The van der Waals surface area contributed by atoms with Gasteiger partial charge in [0.05, 0.1) is 29.4 Å². The van der Waals surface area contributed by atoms with Crippen molar-refractivity contribution in [3.8, 4) is 11.8 Å². The molecule has 0 fully saturated rings. The van der Waals surface area contributed by atoms with Crippen LogP contribution in [0.3, 0.4) is 0 Å². The van der Waals surface area contributed by atoms with E-state index in [1.165, 1.54) is 12.1 Å². The van der Waals surface area contributed by atoms with E-state index in [2.05, 4.69) is 11.1 Å². The van der Waals surface area contributed by atoms with Gasteiger partial charge in [-0.05, 0) is 29.8 Å². The minimum atomic E-state index is -0.314. The number of nitriles is 1. The number of hydrogen-bond acceptors (Lipinski definition) is 2. The fraction of sp³-hybridized carbons (Fsp3) is 0.125. The molecule has 0 spiro atoms. The van der Waals surface area contributed by atoms with Crippen LogP contribution in [0.5, 0.6) is 0 Å². The van der Waals surface area contributed by atoms with Crippen molar-refractivity contribution in [1.29, 1.82) is 5.26 Å². The van der Waals surface area contributed by atoms with Gasteiger partial charge < -0.3 is 0 Å². The molecule has 3 nitrogen and oxygen atoms in total. The van der Waals surface area contributed by atoms with Crippen molar-refractivity contribution in [2.24, 2.45) is 0 Å². The van der Waals surface area contributed by atoms with E-state index in [0.717, 1.165) is 11.3 Å². The van der Waals surface area contributed by atoms with Crippen molar-refractivity contribution < 1.29 is 4.39 Å². The highest BCUT2D eigenvalue weighted by molar-refractivity contribution is 6.17. The maximum atomic E-state index is 13.5. The van der Waals surface area contributed by atoms with E-state index in [1.54, 1.807) is 6.07 Å². The molecule has 0 atom stereocenters. The Hall–Kier alpha value is -2.38. The van der Waals surface area contributed by atoms with Gasteiger partial charge in [-0.3, -0.25) is 4.57 Å². The van der Waals surface area contributed by atoms with E-state index in [0.29, 0.717) is 23.3 Å². The van der Waals surface area contributed by atoms with E-state index < -0.39 is 0 Å². The molecule has 3 aromatic rings. The van der Waals surface area contributed by atoms with Gasteiger partial charge in [-0.2, -0.15) is 5.26 Å². The lowest BCUT2D eigenvalue weighted by molar-refractivity contribution is 0.629. The van der Waals surface area contributed by atoms with E-state index >= 15 is 0 Å². The smallest absolute Gasteiger partial charge is 0.129 e. The number of nitrogens with zero attached hydrogens (tertiary/aromatic N) is 3. The lowest BCUT2D eigenvalue weighted by Gasteiger charge is -2.08. The standard InChI is InChI=1S/C16H11ClFN3/c17-10-16-20-14-6-3-12(18)9-15(14)21(16)13-4-1-11(2-5-13)7-8-19/h1-6,9H,7,10H2. The summed E-state index contributed by atoms with van der Waals surface area (Å²) in [6.07, 6.45) is 0.363.